The molecule has 0 atom stereocenters. The number of terminal acetylenes is 1. The van der Waals surface area contributed by atoms with Gasteiger partial charge in [-0.2, -0.15) is 0 Å². The molecule has 0 unspecified atom stereocenters. The zero-order valence-corrected chi connectivity index (χ0v) is 10.9. The van der Waals surface area contributed by atoms with Gasteiger partial charge >= 0.3 is 0 Å². The van der Waals surface area contributed by atoms with Crippen LogP contribution < -0.4 is 5.32 Å². The Morgan fingerprint density at radius 1 is 1.41 bits per heavy atom. The van der Waals surface area contributed by atoms with Gasteiger partial charge < -0.3 is 5.32 Å². The maximum absolute atomic E-state index is 13.0. The Labute approximate surface area is 109 Å². The molecule has 0 saturated carbocycles. The molecule has 1 amide bonds. The van der Waals surface area contributed by atoms with Crippen molar-refractivity contribution >= 4 is 21.8 Å². The minimum Gasteiger partial charge on any atom is -0.352 e. The average Bonchev–Trinajstić information content (AvgIpc) is 2.27. The zero-order valence-electron chi connectivity index (χ0n) is 9.30. The van der Waals surface area contributed by atoms with Gasteiger partial charge in [0.25, 0.3) is 5.91 Å². The van der Waals surface area contributed by atoms with Gasteiger partial charge in [-0.05, 0) is 31.0 Å². The monoisotopic (exact) mass is 297 g/mol. The van der Waals surface area contributed by atoms with Gasteiger partial charge in [0.05, 0.1) is 0 Å². The van der Waals surface area contributed by atoms with E-state index in [1.807, 2.05) is 0 Å². The molecule has 0 aliphatic rings. The third-order valence-corrected chi connectivity index (χ3v) is 2.62. The first-order chi connectivity index (χ1) is 8.13. The van der Waals surface area contributed by atoms with Crippen LogP contribution in [0.15, 0.2) is 22.7 Å². The second-order valence-corrected chi connectivity index (χ2v) is 4.49. The van der Waals surface area contributed by atoms with E-state index in [9.17, 15) is 9.18 Å². The number of carbonyl (C=O) groups is 1. The summed E-state index contributed by atoms with van der Waals surface area (Å²) in [5.41, 5.74) is 0.314. The van der Waals surface area contributed by atoms with Gasteiger partial charge in [0.15, 0.2) is 0 Å². The van der Waals surface area contributed by atoms with Crippen LogP contribution in [0.4, 0.5) is 4.39 Å². The molecule has 0 spiro atoms. The fraction of sp³-hybridized carbons (Fsp3) is 0.308. The van der Waals surface area contributed by atoms with Crippen molar-refractivity contribution in [1.29, 1.82) is 0 Å². The Morgan fingerprint density at radius 3 is 2.82 bits per heavy atom. The van der Waals surface area contributed by atoms with Crippen molar-refractivity contribution in [3.05, 3.63) is 34.1 Å². The van der Waals surface area contributed by atoms with Crippen LogP contribution in [0.1, 0.15) is 29.6 Å². The van der Waals surface area contributed by atoms with Gasteiger partial charge in [0.1, 0.15) is 5.82 Å². The van der Waals surface area contributed by atoms with Crippen LogP contribution in [0, 0.1) is 18.2 Å². The molecule has 0 fully saturated rings. The van der Waals surface area contributed by atoms with E-state index in [1.54, 1.807) is 6.07 Å². The topological polar surface area (TPSA) is 29.1 Å². The summed E-state index contributed by atoms with van der Waals surface area (Å²) in [5.74, 6) is 1.83. The molecular formula is C13H13BrFNO. The van der Waals surface area contributed by atoms with Gasteiger partial charge in [-0.15, -0.1) is 12.3 Å². The highest BCUT2D eigenvalue weighted by Gasteiger charge is 2.07. The van der Waals surface area contributed by atoms with E-state index in [4.69, 9.17) is 6.42 Å². The summed E-state index contributed by atoms with van der Waals surface area (Å²) in [6.07, 6.45) is 7.52. The molecule has 0 saturated heterocycles. The average molecular weight is 298 g/mol. The predicted molar refractivity (Wildman–Crippen MR) is 69.1 cm³/mol. The second kappa shape index (κ2) is 7.08. The van der Waals surface area contributed by atoms with Crippen molar-refractivity contribution in [2.24, 2.45) is 0 Å². The predicted octanol–water partition coefficient (Wildman–Crippen LogP) is 3.12. The smallest absolute Gasteiger partial charge is 0.251 e. The molecule has 4 heteroatoms. The number of rotatable bonds is 5. The summed E-state index contributed by atoms with van der Waals surface area (Å²) in [6.45, 7) is 0.550. The lowest BCUT2D eigenvalue weighted by Gasteiger charge is -2.05. The first kappa shape index (κ1) is 13.7. The number of hydrogen-bond acceptors (Lipinski definition) is 1. The van der Waals surface area contributed by atoms with Crippen molar-refractivity contribution < 1.29 is 9.18 Å². The molecular weight excluding hydrogens is 285 g/mol. The molecule has 0 heterocycles. The van der Waals surface area contributed by atoms with Crippen LogP contribution in [-0.2, 0) is 0 Å². The lowest BCUT2D eigenvalue weighted by atomic mass is 10.2. The van der Waals surface area contributed by atoms with Gasteiger partial charge in [0.2, 0.25) is 0 Å². The Kier molecular flexibility index (Phi) is 5.71. The van der Waals surface area contributed by atoms with Crippen LogP contribution in [0.5, 0.6) is 0 Å². The molecule has 0 aromatic heterocycles. The van der Waals surface area contributed by atoms with Crippen molar-refractivity contribution in [2.75, 3.05) is 6.54 Å². The zero-order chi connectivity index (χ0) is 12.7. The summed E-state index contributed by atoms with van der Waals surface area (Å²) in [7, 11) is 0. The third-order valence-electron chi connectivity index (χ3n) is 2.16. The highest BCUT2D eigenvalue weighted by Crippen LogP contribution is 2.14. The largest absolute Gasteiger partial charge is 0.352 e. The quantitative estimate of drug-likeness (QED) is 0.657. The molecule has 0 radical (unpaired) electrons. The number of benzene rings is 1. The summed E-state index contributed by atoms with van der Waals surface area (Å²) < 4.78 is 13.6. The summed E-state index contributed by atoms with van der Waals surface area (Å²) in [6, 6.07) is 4.10. The number of amides is 1. The second-order valence-electron chi connectivity index (χ2n) is 3.58. The Bertz CT molecular complexity index is 419. The molecule has 1 N–H and O–H groups in total. The van der Waals surface area contributed by atoms with Gasteiger partial charge in [-0.1, -0.05) is 15.9 Å². The van der Waals surface area contributed by atoms with Crippen molar-refractivity contribution in [2.45, 2.75) is 19.3 Å². The van der Waals surface area contributed by atoms with Crippen LogP contribution in [0.2, 0.25) is 0 Å². The van der Waals surface area contributed by atoms with Gasteiger partial charge in [0, 0.05) is 23.0 Å². The van der Waals surface area contributed by atoms with Crippen molar-refractivity contribution in [3.63, 3.8) is 0 Å². The number of halogens is 2. The molecule has 1 aromatic rings. The molecule has 0 aliphatic heterocycles. The molecule has 90 valence electrons. The Hall–Kier alpha value is -1.34. The van der Waals surface area contributed by atoms with Crippen LogP contribution in [0.3, 0.4) is 0 Å². The summed E-state index contributed by atoms with van der Waals surface area (Å²) in [5, 5.41) is 2.72. The van der Waals surface area contributed by atoms with Crippen LogP contribution >= 0.6 is 15.9 Å². The summed E-state index contributed by atoms with van der Waals surface area (Å²) >= 11 is 3.14. The molecule has 2 nitrogen and oxygen atoms in total. The highest BCUT2D eigenvalue weighted by molar-refractivity contribution is 9.10. The molecule has 17 heavy (non-hydrogen) atoms. The van der Waals surface area contributed by atoms with E-state index in [0.717, 1.165) is 12.8 Å². The van der Waals surface area contributed by atoms with Gasteiger partial charge in [-0.3, -0.25) is 4.79 Å². The number of unbranched alkanes of at least 4 members (excludes halogenated alkanes) is 2. The Morgan fingerprint density at radius 2 is 2.18 bits per heavy atom. The lowest BCUT2D eigenvalue weighted by Crippen LogP contribution is -2.24. The lowest BCUT2D eigenvalue weighted by molar-refractivity contribution is 0.0952. The van der Waals surface area contributed by atoms with Crippen molar-refractivity contribution in [1.82, 2.24) is 5.32 Å². The minimum atomic E-state index is -0.433. The normalized spacial score (nSPS) is 9.71. The number of nitrogens with one attached hydrogen (secondary N) is 1. The molecule has 1 aromatic carbocycles. The van der Waals surface area contributed by atoms with E-state index in [0.29, 0.717) is 23.0 Å². The Balaban J connectivity index is 2.44. The van der Waals surface area contributed by atoms with E-state index in [1.165, 1.54) is 12.1 Å². The van der Waals surface area contributed by atoms with E-state index < -0.39 is 5.82 Å². The molecule has 0 bridgehead atoms. The van der Waals surface area contributed by atoms with Crippen LogP contribution in [-0.4, -0.2) is 12.5 Å². The standard InChI is InChI=1S/C13H13BrFNO/c1-2-3-4-5-6-16-13(17)10-7-11(14)9-12(15)8-10/h1,7-9H,3-6H2,(H,16,17). The van der Waals surface area contributed by atoms with Crippen molar-refractivity contribution in [3.8, 4) is 12.3 Å². The fourth-order valence-electron chi connectivity index (χ4n) is 1.34. The number of carbonyl (C=O) groups excluding carboxylic acids is 1. The fourth-order valence-corrected chi connectivity index (χ4v) is 1.81. The number of hydrogen-bond donors (Lipinski definition) is 1. The molecule has 0 aliphatic carbocycles. The maximum Gasteiger partial charge on any atom is 0.251 e. The van der Waals surface area contributed by atoms with E-state index >= 15 is 0 Å². The maximum atomic E-state index is 13.0. The minimum absolute atomic E-state index is 0.272. The first-order valence-corrected chi connectivity index (χ1v) is 6.10. The third kappa shape index (κ3) is 5.01. The van der Waals surface area contributed by atoms with E-state index in [2.05, 4.69) is 27.2 Å². The molecule has 1 rings (SSSR count). The first-order valence-electron chi connectivity index (χ1n) is 5.31. The van der Waals surface area contributed by atoms with E-state index in [-0.39, 0.29) is 5.91 Å². The summed E-state index contributed by atoms with van der Waals surface area (Å²) in [4.78, 5) is 11.6. The highest BCUT2D eigenvalue weighted by atomic mass is 79.9. The SMILES string of the molecule is C#CCCCCNC(=O)c1cc(F)cc(Br)c1. The van der Waals surface area contributed by atoms with Crippen LogP contribution in [0.25, 0.3) is 0 Å². The van der Waals surface area contributed by atoms with Gasteiger partial charge in [-0.25, -0.2) is 4.39 Å².